The number of nitrogens with two attached hydrogens (primary N) is 1. The number of morpholine rings is 1. The molecule has 2 aliphatic rings. The van der Waals surface area contributed by atoms with E-state index in [1.54, 1.807) is 11.0 Å². The Hall–Kier alpha value is -3.89. The van der Waals surface area contributed by atoms with Crippen molar-refractivity contribution in [1.29, 1.82) is 0 Å². The van der Waals surface area contributed by atoms with E-state index >= 15 is 0 Å². The normalized spacial score (nSPS) is 15.8. The van der Waals surface area contributed by atoms with E-state index in [2.05, 4.69) is 27.4 Å². The highest BCUT2D eigenvalue weighted by atomic mass is 16.5. The number of aromatic nitrogens is 2. The van der Waals surface area contributed by atoms with E-state index in [-0.39, 0.29) is 17.8 Å². The number of ether oxygens (including phenoxy) is 2. The minimum absolute atomic E-state index is 0.0139. The lowest BCUT2D eigenvalue weighted by molar-refractivity contribution is -0.125. The summed E-state index contributed by atoms with van der Waals surface area (Å²) in [6.45, 7) is 16.3. The molecule has 3 N–H and O–H groups in total. The van der Waals surface area contributed by atoms with Gasteiger partial charge in [-0.2, -0.15) is 9.97 Å². The number of carbonyl (C=O) groups excluding carboxylic acids is 1. The number of nitrogens with zero attached hydrogens (tertiary/aromatic N) is 5. The molecule has 220 valence electrons. The average molecular weight is 563 g/mol. The molecule has 10 heteroatoms. The van der Waals surface area contributed by atoms with Gasteiger partial charge in [0.25, 0.3) is 0 Å². The van der Waals surface area contributed by atoms with Crippen LogP contribution in [0.2, 0.25) is 0 Å². The van der Waals surface area contributed by atoms with Crippen molar-refractivity contribution in [2.75, 3.05) is 63.1 Å². The molecule has 0 saturated carbocycles. The SMILES string of the molecule is C=CC(=O)N(CC)CC.C[C@H](CN1CCOCC1)Oc1nc(N)c2c(n1)CN(c1cc(O)cc3ccccc13)CC2. The van der Waals surface area contributed by atoms with E-state index in [1.165, 1.54) is 6.08 Å². The summed E-state index contributed by atoms with van der Waals surface area (Å²) >= 11 is 0. The fraction of sp³-hybridized carbons (Fsp3) is 0.452. The predicted octanol–water partition coefficient (Wildman–Crippen LogP) is 3.62. The smallest absolute Gasteiger partial charge is 0.318 e. The van der Waals surface area contributed by atoms with Gasteiger partial charge in [0, 0.05) is 62.0 Å². The van der Waals surface area contributed by atoms with Crippen molar-refractivity contribution in [2.45, 2.75) is 39.8 Å². The first-order valence-corrected chi connectivity index (χ1v) is 14.3. The number of phenolic OH excluding ortho intramolecular Hbond substituents is 1. The van der Waals surface area contributed by atoms with E-state index in [1.807, 2.05) is 45.0 Å². The van der Waals surface area contributed by atoms with Crippen LogP contribution in [0.5, 0.6) is 11.8 Å². The summed E-state index contributed by atoms with van der Waals surface area (Å²) in [6, 6.07) is 12.0. The minimum Gasteiger partial charge on any atom is -0.508 e. The van der Waals surface area contributed by atoms with Crippen molar-refractivity contribution in [3.63, 3.8) is 0 Å². The molecular weight excluding hydrogens is 520 g/mol. The molecule has 41 heavy (non-hydrogen) atoms. The number of amides is 1. The number of hydrogen-bond donors (Lipinski definition) is 2. The number of nitrogen functional groups attached to an aromatic ring is 1. The molecule has 0 spiro atoms. The van der Waals surface area contributed by atoms with Crippen molar-refractivity contribution in [2.24, 2.45) is 0 Å². The monoisotopic (exact) mass is 562 g/mol. The van der Waals surface area contributed by atoms with Gasteiger partial charge in [-0.1, -0.05) is 30.8 Å². The van der Waals surface area contributed by atoms with Crippen molar-refractivity contribution >= 4 is 28.2 Å². The lowest BCUT2D eigenvalue weighted by atomic mass is 10.0. The first kappa shape index (κ1) is 30.1. The zero-order chi connectivity index (χ0) is 29.4. The largest absolute Gasteiger partial charge is 0.508 e. The summed E-state index contributed by atoms with van der Waals surface area (Å²) in [4.78, 5) is 26.2. The fourth-order valence-corrected chi connectivity index (χ4v) is 5.26. The summed E-state index contributed by atoms with van der Waals surface area (Å²) in [5.74, 6) is 0.761. The Morgan fingerprint density at radius 2 is 1.93 bits per heavy atom. The molecule has 0 radical (unpaired) electrons. The van der Waals surface area contributed by atoms with E-state index in [0.29, 0.717) is 18.4 Å². The summed E-state index contributed by atoms with van der Waals surface area (Å²) < 4.78 is 11.5. The zero-order valence-corrected chi connectivity index (χ0v) is 24.4. The summed E-state index contributed by atoms with van der Waals surface area (Å²) in [5, 5.41) is 12.4. The Kier molecular flexibility index (Phi) is 10.4. The molecule has 1 atom stereocenters. The Morgan fingerprint density at radius 1 is 1.20 bits per heavy atom. The highest BCUT2D eigenvalue weighted by Crippen LogP contribution is 2.35. The van der Waals surface area contributed by atoms with Gasteiger partial charge in [-0.15, -0.1) is 0 Å². The van der Waals surface area contributed by atoms with Crippen LogP contribution >= 0.6 is 0 Å². The molecule has 5 rings (SSSR count). The maximum absolute atomic E-state index is 10.8. The van der Waals surface area contributed by atoms with Gasteiger partial charge in [0.05, 0.1) is 25.5 Å². The molecular formula is C31H42N6O4. The number of phenols is 1. The summed E-state index contributed by atoms with van der Waals surface area (Å²) in [7, 11) is 0. The quantitative estimate of drug-likeness (QED) is 0.397. The third-order valence-corrected chi connectivity index (χ3v) is 7.42. The number of carbonyl (C=O) groups is 1. The Bertz CT molecular complexity index is 1340. The van der Waals surface area contributed by atoms with E-state index in [0.717, 1.165) is 86.6 Å². The maximum Gasteiger partial charge on any atom is 0.318 e. The Morgan fingerprint density at radius 3 is 2.61 bits per heavy atom. The van der Waals surface area contributed by atoms with Crippen LogP contribution in [0.25, 0.3) is 10.8 Å². The Labute approximate surface area is 242 Å². The van der Waals surface area contributed by atoms with Crippen LogP contribution in [0.15, 0.2) is 49.1 Å². The molecule has 0 aliphatic carbocycles. The molecule has 2 aliphatic heterocycles. The molecule has 0 unspecified atom stereocenters. The number of rotatable bonds is 8. The molecule has 1 amide bonds. The Balaban J connectivity index is 0.000000374. The van der Waals surface area contributed by atoms with Crippen LogP contribution in [-0.2, 0) is 22.5 Å². The molecule has 3 heterocycles. The molecule has 0 bridgehead atoms. The minimum atomic E-state index is -0.0553. The third kappa shape index (κ3) is 7.65. The van der Waals surface area contributed by atoms with E-state index in [4.69, 9.17) is 20.2 Å². The van der Waals surface area contributed by atoms with Gasteiger partial charge in [-0.25, -0.2) is 0 Å². The topological polar surface area (TPSA) is 117 Å². The van der Waals surface area contributed by atoms with Crippen LogP contribution in [-0.4, -0.2) is 89.4 Å². The van der Waals surface area contributed by atoms with Crippen molar-refractivity contribution in [3.8, 4) is 11.8 Å². The van der Waals surface area contributed by atoms with Crippen LogP contribution in [0.4, 0.5) is 11.5 Å². The van der Waals surface area contributed by atoms with Crippen molar-refractivity contribution in [1.82, 2.24) is 19.8 Å². The van der Waals surface area contributed by atoms with E-state index in [9.17, 15) is 9.90 Å². The van der Waals surface area contributed by atoms with Crippen LogP contribution in [0.1, 0.15) is 32.0 Å². The average Bonchev–Trinajstić information content (AvgIpc) is 2.97. The predicted molar refractivity (Wildman–Crippen MR) is 162 cm³/mol. The standard InChI is InChI=1S/C24H29N5O3.C7H13NO/c1-16(14-28-8-10-31-11-9-28)32-24-26-21-15-29(7-6-20(21)23(25)27-24)22-13-18(30)12-17-4-2-3-5-19(17)22;1-4-7(9)8(5-2)6-3/h2-5,12-13,16,30H,6-11,14-15H2,1H3,(H2,25,26,27);4H,1,5-6H2,2-3H3/t16-;/m1./s1. The second-order valence-corrected chi connectivity index (χ2v) is 10.2. The highest BCUT2D eigenvalue weighted by molar-refractivity contribution is 5.95. The number of aromatic hydroxyl groups is 1. The highest BCUT2D eigenvalue weighted by Gasteiger charge is 2.24. The number of hydrogen-bond acceptors (Lipinski definition) is 9. The second-order valence-electron chi connectivity index (χ2n) is 10.2. The number of anilines is 2. The van der Waals surface area contributed by atoms with Gasteiger partial charge in [0.2, 0.25) is 5.91 Å². The fourth-order valence-electron chi connectivity index (χ4n) is 5.26. The number of likely N-dealkylation sites (N-methyl/N-ethyl adjacent to an activating group) is 1. The molecule has 1 saturated heterocycles. The molecule has 10 nitrogen and oxygen atoms in total. The summed E-state index contributed by atoms with van der Waals surface area (Å²) in [6.07, 6.45) is 2.03. The van der Waals surface area contributed by atoms with E-state index < -0.39 is 0 Å². The number of benzene rings is 2. The molecule has 1 fully saturated rings. The van der Waals surface area contributed by atoms with Crippen molar-refractivity contribution < 1.29 is 19.4 Å². The van der Waals surface area contributed by atoms with Crippen LogP contribution in [0, 0.1) is 0 Å². The first-order chi connectivity index (χ1) is 19.8. The molecule has 3 aromatic rings. The second kappa shape index (κ2) is 14.1. The zero-order valence-electron chi connectivity index (χ0n) is 24.4. The first-order valence-electron chi connectivity index (χ1n) is 14.3. The lowest BCUT2D eigenvalue weighted by Gasteiger charge is -2.32. The van der Waals surface area contributed by atoms with Gasteiger partial charge >= 0.3 is 6.01 Å². The van der Waals surface area contributed by atoms with Crippen molar-refractivity contribution in [3.05, 3.63) is 60.3 Å². The number of fused-ring (bicyclic) bond motifs is 2. The van der Waals surface area contributed by atoms with Gasteiger partial charge in [0.1, 0.15) is 17.7 Å². The van der Waals surface area contributed by atoms with Gasteiger partial charge in [-0.05, 0) is 44.7 Å². The summed E-state index contributed by atoms with van der Waals surface area (Å²) in [5.41, 5.74) is 9.14. The van der Waals surface area contributed by atoms with Gasteiger partial charge in [-0.3, -0.25) is 9.69 Å². The van der Waals surface area contributed by atoms with Crippen LogP contribution < -0.4 is 15.4 Å². The lowest BCUT2D eigenvalue weighted by Crippen LogP contribution is -2.41. The molecule has 2 aromatic carbocycles. The van der Waals surface area contributed by atoms with Gasteiger partial charge < -0.3 is 30.1 Å². The third-order valence-electron chi connectivity index (χ3n) is 7.42. The molecule has 1 aromatic heterocycles. The van der Waals surface area contributed by atoms with Crippen LogP contribution in [0.3, 0.4) is 0 Å². The maximum atomic E-state index is 10.8. The van der Waals surface area contributed by atoms with Gasteiger partial charge in [0.15, 0.2) is 0 Å².